The van der Waals surface area contributed by atoms with E-state index in [4.69, 9.17) is 5.11 Å². The van der Waals surface area contributed by atoms with Gasteiger partial charge in [-0.1, -0.05) is 40.9 Å². The second-order valence-electron chi connectivity index (χ2n) is 6.21. The number of esters is 1. The molecule has 0 aromatic rings. The van der Waals surface area contributed by atoms with E-state index in [1.54, 1.807) is 0 Å². The molecule has 3 nitrogen and oxygen atoms in total. The summed E-state index contributed by atoms with van der Waals surface area (Å²) in [6.45, 7) is 14.4. The van der Waals surface area contributed by atoms with Gasteiger partial charge in [-0.3, -0.25) is 4.79 Å². The first-order valence-corrected chi connectivity index (χ1v) is 9.20. The van der Waals surface area contributed by atoms with E-state index in [1.165, 1.54) is 0 Å². The molecule has 2 saturated carbocycles. The number of fused-ring (bicyclic) bond motifs is 2. The molecular formula is C19H28F6O3. The van der Waals surface area contributed by atoms with Crippen LogP contribution in [0.1, 0.15) is 47.0 Å². The van der Waals surface area contributed by atoms with Crippen molar-refractivity contribution >= 4 is 5.97 Å². The number of halogens is 6. The summed E-state index contributed by atoms with van der Waals surface area (Å²) in [6, 6.07) is 0. The van der Waals surface area contributed by atoms with Crippen LogP contribution in [0.4, 0.5) is 26.3 Å². The Labute approximate surface area is 161 Å². The van der Waals surface area contributed by atoms with Gasteiger partial charge in [-0.2, -0.15) is 26.3 Å². The van der Waals surface area contributed by atoms with E-state index >= 15 is 0 Å². The van der Waals surface area contributed by atoms with Crippen LogP contribution in [0.2, 0.25) is 0 Å². The number of aliphatic hydroxyl groups is 1. The number of alkyl halides is 6. The first-order valence-electron chi connectivity index (χ1n) is 9.20. The van der Waals surface area contributed by atoms with Gasteiger partial charge in [0.1, 0.15) is 0 Å². The van der Waals surface area contributed by atoms with Crippen LogP contribution in [-0.2, 0) is 9.53 Å². The summed E-state index contributed by atoms with van der Waals surface area (Å²) in [7, 11) is 0. The maximum atomic E-state index is 12.5. The Kier molecular flexibility index (Phi) is 9.27. The minimum Gasteiger partial charge on any atom is -0.465 e. The van der Waals surface area contributed by atoms with Crippen molar-refractivity contribution in [1.82, 2.24) is 0 Å². The highest BCUT2D eigenvalue weighted by atomic mass is 19.4. The molecule has 0 aliphatic heterocycles. The minimum absolute atomic E-state index is 0.0438. The molecule has 2 fully saturated rings. The number of ether oxygens (including phenoxy) is 1. The fourth-order valence-electron chi connectivity index (χ4n) is 3.32. The number of carbonyl (C=O) groups is 1. The minimum atomic E-state index is -5.92. The Bertz CT molecular complexity index is 551. The Morgan fingerprint density at radius 1 is 1.00 bits per heavy atom. The molecule has 2 rings (SSSR count). The SMILES string of the molecule is C=C1C(=C)C2CC1CC2C(=O)OCCC(O)(C(F)(F)F)C(F)(F)F.CC.CC. The van der Waals surface area contributed by atoms with Crippen LogP contribution < -0.4 is 0 Å². The summed E-state index contributed by atoms with van der Waals surface area (Å²) in [5.41, 5.74) is -3.41. The van der Waals surface area contributed by atoms with Crippen molar-refractivity contribution in [2.75, 3.05) is 6.61 Å². The molecule has 0 spiro atoms. The van der Waals surface area contributed by atoms with Gasteiger partial charge in [0.2, 0.25) is 0 Å². The molecule has 0 heterocycles. The summed E-state index contributed by atoms with van der Waals surface area (Å²) in [4.78, 5) is 11.9. The molecule has 9 heteroatoms. The molecule has 3 unspecified atom stereocenters. The largest absolute Gasteiger partial charge is 0.465 e. The van der Waals surface area contributed by atoms with Crippen molar-refractivity contribution in [3.63, 3.8) is 0 Å². The number of hydrogen-bond donors (Lipinski definition) is 1. The first kappa shape index (κ1) is 26.5. The van der Waals surface area contributed by atoms with E-state index < -0.39 is 42.9 Å². The molecule has 2 aliphatic carbocycles. The predicted octanol–water partition coefficient (Wildman–Crippen LogP) is 5.60. The van der Waals surface area contributed by atoms with Gasteiger partial charge in [-0.15, -0.1) is 0 Å². The second-order valence-corrected chi connectivity index (χ2v) is 6.21. The van der Waals surface area contributed by atoms with Gasteiger partial charge in [0, 0.05) is 6.42 Å². The van der Waals surface area contributed by atoms with Crippen LogP contribution in [0.25, 0.3) is 0 Å². The van der Waals surface area contributed by atoms with Crippen LogP contribution in [-0.4, -0.2) is 35.6 Å². The van der Waals surface area contributed by atoms with E-state index in [-0.39, 0.29) is 11.8 Å². The molecule has 164 valence electrons. The quantitative estimate of drug-likeness (QED) is 0.478. The van der Waals surface area contributed by atoms with E-state index in [9.17, 15) is 31.1 Å². The number of carbonyl (C=O) groups excluding carboxylic acids is 1. The standard InChI is InChI=1S/C15H16F6O3.2C2H6/c1-7-8(2)10-5-9(7)6-11(10)12(22)24-4-3-13(23,14(16,17)18)15(19,20)21;2*1-2/h9-11,23H,1-6H2;2*1-2H3. The molecule has 0 radical (unpaired) electrons. The second kappa shape index (κ2) is 9.80. The zero-order chi connectivity index (χ0) is 22.5. The van der Waals surface area contributed by atoms with Crippen molar-refractivity contribution in [3.8, 4) is 0 Å². The lowest BCUT2D eigenvalue weighted by molar-refractivity contribution is -0.371. The smallest absolute Gasteiger partial charge is 0.426 e. The van der Waals surface area contributed by atoms with Gasteiger partial charge in [0.15, 0.2) is 0 Å². The summed E-state index contributed by atoms with van der Waals surface area (Å²) in [6.07, 6.45) is -12.6. The molecule has 28 heavy (non-hydrogen) atoms. The molecule has 0 aromatic heterocycles. The van der Waals surface area contributed by atoms with Crippen molar-refractivity contribution < 1.29 is 41.0 Å². The Morgan fingerprint density at radius 2 is 1.46 bits per heavy atom. The summed E-state index contributed by atoms with van der Waals surface area (Å²) in [5.74, 6) is -1.71. The van der Waals surface area contributed by atoms with Crippen molar-refractivity contribution in [2.24, 2.45) is 17.8 Å². The number of rotatable bonds is 4. The molecule has 0 aromatic carbocycles. The van der Waals surface area contributed by atoms with Crippen molar-refractivity contribution in [3.05, 3.63) is 24.3 Å². The molecule has 0 saturated heterocycles. The van der Waals surface area contributed by atoms with E-state index in [0.717, 1.165) is 5.57 Å². The summed E-state index contributed by atoms with van der Waals surface area (Å²) >= 11 is 0. The molecule has 2 bridgehead atoms. The van der Waals surface area contributed by atoms with Gasteiger partial charge in [-0.25, -0.2) is 0 Å². The van der Waals surface area contributed by atoms with Gasteiger partial charge in [0.25, 0.3) is 5.60 Å². The van der Waals surface area contributed by atoms with E-state index in [2.05, 4.69) is 17.9 Å². The first-order chi connectivity index (χ1) is 12.8. The lowest BCUT2D eigenvalue weighted by Gasteiger charge is -2.32. The normalized spacial score (nSPS) is 24.2. The molecular weight excluding hydrogens is 390 g/mol. The molecule has 0 amide bonds. The van der Waals surface area contributed by atoms with Crippen molar-refractivity contribution in [1.29, 1.82) is 0 Å². The Hall–Kier alpha value is -1.51. The van der Waals surface area contributed by atoms with Crippen LogP contribution in [0.15, 0.2) is 24.3 Å². The van der Waals surface area contributed by atoms with Crippen LogP contribution in [0.3, 0.4) is 0 Å². The molecule has 2 aliphatic rings. The van der Waals surface area contributed by atoms with Gasteiger partial charge in [-0.05, 0) is 35.8 Å². The number of allylic oxidation sites excluding steroid dienone is 2. The van der Waals surface area contributed by atoms with E-state index in [1.807, 2.05) is 27.7 Å². The van der Waals surface area contributed by atoms with Gasteiger partial charge in [0.05, 0.1) is 12.5 Å². The van der Waals surface area contributed by atoms with Gasteiger partial charge < -0.3 is 9.84 Å². The fraction of sp³-hybridized carbons (Fsp3) is 0.737. The number of hydrogen-bond acceptors (Lipinski definition) is 3. The monoisotopic (exact) mass is 418 g/mol. The molecule has 3 atom stereocenters. The highest BCUT2D eigenvalue weighted by Crippen LogP contribution is 2.54. The highest BCUT2D eigenvalue weighted by Gasteiger charge is 2.70. The van der Waals surface area contributed by atoms with Crippen molar-refractivity contribution in [2.45, 2.75) is 64.9 Å². The maximum absolute atomic E-state index is 12.5. The Morgan fingerprint density at radius 3 is 1.82 bits per heavy atom. The fourth-order valence-corrected chi connectivity index (χ4v) is 3.32. The lowest BCUT2D eigenvalue weighted by atomic mass is 9.83. The third-order valence-electron chi connectivity index (χ3n) is 4.86. The lowest BCUT2D eigenvalue weighted by Crippen LogP contribution is -2.57. The highest BCUT2D eigenvalue weighted by molar-refractivity contribution is 5.75. The topological polar surface area (TPSA) is 46.5 Å². The average Bonchev–Trinajstić information content (AvgIpc) is 3.16. The zero-order valence-electron chi connectivity index (χ0n) is 16.5. The van der Waals surface area contributed by atoms with Gasteiger partial charge >= 0.3 is 18.3 Å². The summed E-state index contributed by atoms with van der Waals surface area (Å²) in [5, 5.41) is 8.98. The predicted molar refractivity (Wildman–Crippen MR) is 93.3 cm³/mol. The van der Waals surface area contributed by atoms with Crippen LogP contribution in [0, 0.1) is 17.8 Å². The maximum Gasteiger partial charge on any atom is 0.426 e. The third-order valence-corrected chi connectivity index (χ3v) is 4.86. The van der Waals surface area contributed by atoms with Crippen LogP contribution >= 0.6 is 0 Å². The van der Waals surface area contributed by atoms with E-state index in [0.29, 0.717) is 18.4 Å². The molecule has 1 N–H and O–H groups in total. The summed E-state index contributed by atoms with van der Waals surface area (Å²) < 4.78 is 79.6. The Balaban J connectivity index is 0.00000171. The zero-order valence-corrected chi connectivity index (χ0v) is 16.5. The third kappa shape index (κ3) is 5.10. The average molecular weight is 418 g/mol. The van der Waals surface area contributed by atoms with Crippen LogP contribution in [0.5, 0.6) is 0 Å².